The van der Waals surface area contributed by atoms with Gasteiger partial charge in [0.05, 0.1) is 6.10 Å². The van der Waals surface area contributed by atoms with Gasteiger partial charge in [0.1, 0.15) is 0 Å². The molecule has 2 atom stereocenters. The van der Waals surface area contributed by atoms with E-state index in [4.69, 9.17) is 5.73 Å². The van der Waals surface area contributed by atoms with Crippen molar-refractivity contribution in [1.82, 2.24) is 4.90 Å². The van der Waals surface area contributed by atoms with E-state index in [2.05, 4.69) is 11.8 Å². The van der Waals surface area contributed by atoms with Gasteiger partial charge in [0.15, 0.2) is 0 Å². The minimum Gasteiger partial charge on any atom is -0.399 e. The second kappa shape index (κ2) is 5.14. The highest BCUT2D eigenvalue weighted by Gasteiger charge is 2.12. The van der Waals surface area contributed by atoms with Crippen molar-refractivity contribution in [3.05, 3.63) is 29.8 Å². The van der Waals surface area contributed by atoms with Crippen LogP contribution >= 0.6 is 0 Å². The van der Waals surface area contributed by atoms with E-state index in [0.717, 1.165) is 5.69 Å². The van der Waals surface area contributed by atoms with Crippen LogP contribution in [0.2, 0.25) is 0 Å². The molecule has 0 bridgehead atoms. The minimum absolute atomic E-state index is 0.292. The van der Waals surface area contributed by atoms with Crippen LogP contribution in [0.3, 0.4) is 0 Å². The lowest BCUT2D eigenvalue weighted by Gasteiger charge is -2.26. The van der Waals surface area contributed by atoms with E-state index < -0.39 is 0 Å². The molecule has 0 spiro atoms. The quantitative estimate of drug-likeness (QED) is 0.740. The van der Waals surface area contributed by atoms with E-state index in [9.17, 15) is 5.11 Å². The fraction of sp³-hybridized carbons (Fsp3) is 0.500. The Kier molecular flexibility index (Phi) is 4.12. The second-order valence-corrected chi connectivity index (χ2v) is 4.13. The highest BCUT2D eigenvalue weighted by atomic mass is 16.3. The standard InChI is InChI=1S/C12H20N2O/c1-9(15)8-14(3)10(2)11-4-6-12(13)7-5-11/h4-7,9-10,15H,8,13H2,1-3H3. The molecule has 0 amide bonds. The molecule has 0 aliphatic carbocycles. The van der Waals surface area contributed by atoms with Gasteiger partial charge >= 0.3 is 0 Å². The van der Waals surface area contributed by atoms with E-state index in [1.165, 1.54) is 5.56 Å². The van der Waals surface area contributed by atoms with E-state index >= 15 is 0 Å². The first-order chi connectivity index (χ1) is 7.00. The Labute approximate surface area is 91.5 Å². The molecule has 3 heteroatoms. The average Bonchev–Trinajstić information content (AvgIpc) is 2.17. The van der Waals surface area contributed by atoms with E-state index in [1.807, 2.05) is 31.3 Å². The smallest absolute Gasteiger partial charge is 0.0639 e. The van der Waals surface area contributed by atoms with Gasteiger partial charge in [-0.3, -0.25) is 4.90 Å². The van der Waals surface area contributed by atoms with Crippen molar-refractivity contribution in [1.29, 1.82) is 0 Å². The molecular weight excluding hydrogens is 188 g/mol. The SMILES string of the molecule is CC(O)CN(C)C(C)c1ccc(N)cc1. The summed E-state index contributed by atoms with van der Waals surface area (Å²) in [4.78, 5) is 2.12. The Morgan fingerprint density at radius 2 is 1.80 bits per heavy atom. The maximum atomic E-state index is 9.30. The van der Waals surface area contributed by atoms with Crippen molar-refractivity contribution >= 4 is 5.69 Å². The summed E-state index contributed by atoms with van der Waals surface area (Å²) in [5, 5.41) is 9.30. The highest BCUT2D eigenvalue weighted by Crippen LogP contribution is 2.19. The van der Waals surface area contributed by atoms with Crippen LogP contribution in [0.5, 0.6) is 0 Å². The summed E-state index contributed by atoms with van der Waals surface area (Å²) in [5.74, 6) is 0. The number of nitrogens with two attached hydrogens (primary N) is 1. The number of benzene rings is 1. The molecule has 1 rings (SSSR count). The van der Waals surface area contributed by atoms with Crippen LogP contribution in [0, 0.1) is 0 Å². The third-order valence-electron chi connectivity index (χ3n) is 2.63. The number of nitrogens with zero attached hydrogens (tertiary/aromatic N) is 1. The monoisotopic (exact) mass is 208 g/mol. The molecule has 0 heterocycles. The van der Waals surface area contributed by atoms with Gasteiger partial charge < -0.3 is 10.8 Å². The van der Waals surface area contributed by atoms with Crippen molar-refractivity contribution in [3.8, 4) is 0 Å². The predicted octanol–water partition coefficient (Wildman–Crippen LogP) is 1.64. The van der Waals surface area contributed by atoms with E-state index in [0.29, 0.717) is 12.6 Å². The number of nitrogen functional groups attached to an aromatic ring is 1. The van der Waals surface area contributed by atoms with Gasteiger partial charge in [0, 0.05) is 18.3 Å². The zero-order chi connectivity index (χ0) is 11.4. The van der Waals surface area contributed by atoms with Crippen molar-refractivity contribution in [3.63, 3.8) is 0 Å². The number of aliphatic hydroxyl groups is 1. The predicted molar refractivity (Wildman–Crippen MR) is 63.6 cm³/mol. The third-order valence-corrected chi connectivity index (χ3v) is 2.63. The van der Waals surface area contributed by atoms with Crippen molar-refractivity contribution in [2.75, 3.05) is 19.3 Å². The van der Waals surface area contributed by atoms with Crippen LogP contribution < -0.4 is 5.73 Å². The van der Waals surface area contributed by atoms with E-state index in [1.54, 1.807) is 6.92 Å². The van der Waals surface area contributed by atoms with Crippen LogP contribution in [0.15, 0.2) is 24.3 Å². The molecule has 0 fully saturated rings. The molecular formula is C12H20N2O. The molecule has 0 saturated carbocycles. The summed E-state index contributed by atoms with van der Waals surface area (Å²) in [6.45, 7) is 4.59. The van der Waals surface area contributed by atoms with Crippen molar-refractivity contribution < 1.29 is 5.11 Å². The molecule has 84 valence electrons. The first-order valence-electron chi connectivity index (χ1n) is 5.24. The molecule has 0 aliphatic heterocycles. The number of anilines is 1. The van der Waals surface area contributed by atoms with E-state index in [-0.39, 0.29) is 6.10 Å². The van der Waals surface area contributed by atoms with Gasteiger partial charge in [-0.25, -0.2) is 0 Å². The lowest BCUT2D eigenvalue weighted by molar-refractivity contribution is 0.122. The first-order valence-corrected chi connectivity index (χ1v) is 5.24. The number of rotatable bonds is 4. The minimum atomic E-state index is -0.300. The molecule has 2 unspecified atom stereocenters. The van der Waals surface area contributed by atoms with Crippen LogP contribution in [0.25, 0.3) is 0 Å². The summed E-state index contributed by atoms with van der Waals surface area (Å²) in [6.07, 6.45) is -0.300. The molecule has 15 heavy (non-hydrogen) atoms. The summed E-state index contributed by atoms with van der Waals surface area (Å²) >= 11 is 0. The lowest BCUT2D eigenvalue weighted by atomic mass is 10.1. The van der Waals surface area contributed by atoms with Gasteiger partial charge in [-0.2, -0.15) is 0 Å². The van der Waals surface area contributed by atoms with Gasteiger partial charge in [-0.15, -0.1) is 0 Å². The van der Waals surface area contributed by atoms with Crippen LogP contribution in [0.4, 0.5) is 5.69 Å². The fourth-order valence-corrected chi connectivity index (χ4v) is 1.60. The normalized spacial score (nSPS) is 15.3. The Bertz CT molecular complexity index is 295. The van der Waals surface area contributed by atoms with Crippen LogP contribution in [0.1, 0.15) is 25.5 Å². The lowest BCUT2D eigenvalue weighted by Crippen LogP contribution is -2.29. The van der Waals surface area contributed by atoms with Gasteiger partial charge in [0.2, 0.25) is 0 Å². The molecule has 0 radical (unpaired) electrons. The number of aliphatic hydroxyl groups excluding tert-OH is 1. The summed E-state index contributed by atoms with van der Waals surface area (Å²) in [5.41, 5.74) is 7.63. The maximum absolute atomic E-state index is 9.30. The Balaban J connectivity index is 2.67. The largest absolute Gasteiger partial charge is 0.399 e. The van der Waals surface area contributed by atoms with Crippen molar-refractivity contribution in [2.24, 2.45) is 0 Å². The Morgan fingerprint density at radius 3 is 2.27 bits per heavy atom. The van der Waals surface area contributed by atoms with Gasteiger partial charge in [-0.1, -0.05) is 12.1 Å². The van der Waals surface area contributed by atoms with Crippen molar-refractivity contribution in [2.45, 2.75) is 26.0 Å². The summed E-state index contributed by atoms with van der Waals surface area (Å²) in [7, 11) is 2.01. The average molecular weight is 208 g/mol. The molecule has 0 saturated heterocycles. The Hall–Kier alpha value is -1.06. The molecule has 1 aromatic carbocycles. The second-order valence-electron chi connectivity index (χ2n) is 4.13. The number of likely N-dealkylation sites (N-methyl/N-ethyl adjacent to an activating group) is 1. The zero-order valence-corrected chi connectivity index (χ0v) is 9.64. The molecule has 0 aromatic heterocycles. The molecule has 3 nitrogen and oxygen atoms in total. The third kappa shape index (κ3) is 3.53. The zero-order valence-electron chi connectivity index (χ0n) is 9.64. The molecule has 0 aliphatic rings. The van der Waals surface area contributed by atoms with Gasteiger partial charge in [-0.05, 0) is 38.6 Å². The fourth-order valence-electron chi connectivity index (χ4n) is 1.60. The van der Waals surface area contributed by atoms with Crippen LogP contribution in [-0.2, 0) is 0 Å². The summed E-state index contributed by atoms with van der Waals surface area (Å²) in [6, 6.07) is 8.15. The maximum Gasteiger partial charge on any atom is 0.0639 e. The molecule has 1 aromatic rings. The van der Waals surface area contributed by atoms with Gasteiger partial charge in [0.25, 0.3) is 0 Å². The summed E-state index contributed by atoms with van der Waals surface area (Å²) < 4.78 is 0. The topological polar surface area (TPSA) is 49.5 Å². The Morgan fingerprint density at radius 1 is 1.27 bits per heavy atom. The van der Waals surface area contributed by atoms with Crippen LogP contribution in [-0.4, -0.2) is 29.7 Å². The first kappa shape index (κ1) is 12.0. The number of hydrogen-bond donors (Lipinski definition) is 2. The molecule has 3 N–H and O–H groups in total. The highest BCUT2D eigenvalue weighted by molar-refractivity contribution is 5.40. The number of hydrogen-bond acceptors (Lipinski definition) is 3.